The first-order valence-electron chi connectivity index (χ1n) is 7.66. The Morgan fingerprint density at radius 3 is 2.68 bits per heavy atom. The largest absolute Gasteiger partial charge is 0.481 e. The smallest absolute Gasteiger partial charge is 0.215 e. The molecule has 116 valence electrons. The third-order valence-corrected chi connectivity index (χ3v) is 3.65. The van der Waals surface area contributed by atoms with Gasteiger partial charge in [0.2, 0.25) is 5.88 Å². The number of rotatable bonds is 5. The Morgan fingerprint density at radius 1 is 1.18 bits per heavy atom. The number of aryl methyl sites for hydroxylation is 2. The van der Waals surface area contributed by atoms with Crippen molar-refractivity contribution in [1.82, 2.24) is 19.4 Å². The molecule has 0 bridgehead atoms. The van der Waals surface area contributed by atoms with E-state index in [1.54, 1.807) is 7.11 Å². The molecule has 3 heterocycles. The minimum absolute atomic E-state index is 0.584. The van der Waals surface area contributed by atoms with Crippen LogP contribution in [0.15, 0.2) is 12.1 Å². The van der Waals surface area contributed by atoms with E-state index in [9.17, 15) is 0 Å². The molecular formula is C16H21N5O. The van der Waals surface area contributed by atoms with Crippen LogP contribution in [0, 0.1) is 6.92 Å². The van der Waals surface area contributed by atoms with Crippen molar-refractivity contribution in [3.63, 3.8) is 0 Å². The van der Waals surface area contributed by atoms with E-state index in [4.69, 9.17) is 14.7 Å². The van der Waals surface area contributed by atoms with Crippen LogP contribution in [0.3, 0.4) is 0 Å². The van der Waals surface area contributed by atoms with Gasteiger partial charge in [-0.2, -0.15) is 4.98 Å². The summed E-state index contributed by atoms with van der Waals surface area (Å²) in [5.74, 6) is 2.46. The molecule has 3 rings (SSSR count). The van der Waals surface area contributed by atoms with Gasteiger partial charge in [-0.15, -0.1) is 0 Å². The highest BCUT2D eigenvalue weighted by Crippen LogP contribution is 2.27. The average Bonchev–Trinajstić information content (AvgIpc) is 2.85. The molecule has 6 heteroatoms. The van der Waals surface area contributed by atoms with Crippen molar-refractivity contribution in [1.29, 1.82) is 0 Å². The molecule has 0 unspecified atom stereocenters. The summed E-state index contributed by atoms with van der Waals surface area (Å²) in [5, 5.41) is 3.34. The van der Waals surface area contributed by atoms with Gasteiger partial charge in [0.15, 0.2) is 11.5 Å². The summed E-state index contributed by atoms with van der Waals surface area (Å²) in [4.78, 5) is 14.0. The number of nitrogens with one attached hydrogen (secondary N) is 1. The first-order valence-corrected chi connectivity index (χ1v) is 7.66. The third-order valence-electron chi connectivity index (χ3n) is 3.65. The summed E-state index contributed by atoms with van der Waals surface area (Å²) in [5.41, 5.74) is 3.59. The van der Waals surface area contributed by atoms with Crippen molar-refractivity contribution in [2.45, 2.75) is 33.6 Å². The molecular weight excluding hydrogens is 278 g/mol. The van der Waals surface area contributed by atoms with E-state index in [0.29, 0.717) is 5.88 Å². The number of nitrogens with zero attached hydrogens (tertiary/aromatic N) is 4. The summed E-state index contributed by atoms with van der Waals surface area (Å²) < 4.78 is 7.38. The molecule has 22 heavy (non-hydrogen) atoms. The van der Waals surface area contributed by atoms with Crippen LogP contribution in [-0.2, 0) is 6.42 Å². The van der Waals surface area contributed by atoms with Crippen molar-refractivity contribution in [3.8, 4) is 5.88 Å². The number of hydrogen-bond acceptors (Lipinski definition) is 5. The second kappa shape index (κ2) is 5.79. The molecule has 0 fully saturated rings. The fourth-order valence-corrected chi connectivity index (χ4v) is 2.74. The molecule has 0 atom stereocenters. The average molecular weight is 299 g/mol. The molecule has 0 amide bonds. The predicted octanol–water partition coefficient (Wildman–Crippen LogP) is 2.98. The Kier molecular flexibility index (Phi) is 3.83. The van der Waals surface area contributed by atoms with Crippen LogP contribution in [0.1, 0.15) is 31.8 Å². The fourth-order valence-electron chi connectivity index (χ4n) is 2.74. The summed E-state index contributed by atoms with van der Waals surface area (Å²) in [7, 11) is 1.62. The standard InChI is InChI=1S/C16H21N5O/c1-5-7-12-18-10(3)14-15(17-6-2)19-11-8-9-13(22-4)20-16(11)21(12)14/h8-9H,5-7H2,1-4H3,(H,17,19). The van der Waals surface area contributed by atoms with E-state index in [0.717, 1.165) is 53.4 Å². The molecule has 3 aromatic rings. The first kappa shape index (κ1) is 14.6. The SMILES string of the molecule is CCCc1nc(C)c2c(NCC)nc3ccc(OC)nc3n12. The monoisotopic (exact) mass is 299 g/mol. The summed E-state index contributed by atoms with van der Waals surface area (Å²) in [6.45, 7) is 7.04. The third kappa shape index (κ3) is 2.24. The maximum absolute atomic E-state index is 5.27. The first-order chi connectivity index (χ1) is 10.7. The molecule has 1 N–H and O–H groups in total. The summed E-state index contributed by atoms with van der Waals surface area (Å²) in [6.07, 6.45) is 1.93. The number of ether oxygens (including phenoxy) is 1. The number of aromatic nitrogens is 4. The van der Waals surface area contributed by atoms with Crippen LogP contribution in [0.4, 0.5) is 5.82 Å². The summed E-state index contributed by atoms with van der Waals surface area (Å²) >= 11 is 0. The zero-order chi connectivity index (χ0) is 15.7. The van der Waals surface area contributed by atoms with Gasteiger partial charge in [-0.1, -0.05) is 6.92 Å². The Bertz CT molecular complexity index is 824. The number of pyridine rings is 1. The van der Waals surface area contributed by atoms with Crippen LogP contribution in [0.25, 0.3) is 16.7 Å². The van der Waals surface area contributed by atoms with E-state index < -0.39 is 0 Å². The fraction of sp³-hybridized carbons (Fsp3) is 0.438. The Labute approximate surface area is 129 Å². The zero-order valence-electron chi connectivity index (χ0n) is 13.5. The van der Waals surface area contributed by atoms with Crippen molar-refractivity contribution in [2.75, 3.05) is 19.0 Å². The topological polar surface area (TPSA) is 64.3 Å². The zero-order valence-corrected chi connectivity index (χ0v) is 13.5. The number of anilines is 1. The lowest BCUT2D eigenvalue weighted by atomic mass is 10.3. The highest BCUT2D eigenvalue weighted by atomic mass is 16.5. The Hall–Kier alpha value is -2.37. The molecule has 0 radical (unpaired) electrons. The molecule has 0 aliphatic rings. The molecule has 0 aromatic carbocycles. The van der Waals surface area contributed by atoms with Crippen LogP contribution < -0.4 is 10.1 Å². The Balaban J connectivity index is 2.43. The number of imidazole rings is 1. The van der Waals surface area contributed by atoms with Gasteiger partial charge in [0.1, 0.15) is 16.9 Å². The highest BCUT2D eigenvalue weighted by Gasteiger charge is 2.17. The van der Waals surface area contributed by atoms with Crippen molar-refractivity contribution < 1.29 is 4.74 Å². The Morgan fingerprint density at radius 2 is 2.00 bits per heavy atom. The predicted molar refractivity (Wildman–Crippen MR) is 87.7 cm³/mol. The van der Waals surface area contributed by atoms with E-state index in [2.05, 4.69) is 28.5 Å². The van der Waals surface area contributed by atoms with E-state index in [-0.39, 0.29) is 0 Å². The minimum atomic E-state index is 0.584. The lowest BCUT2D eigenvalue weighted by Gasteiger charge is -2.11. The summed E-state index contributed by atoms with van der Waals surface area (Å²) in [6, 6.07) is 3.77. The highest BCUT2D eigenvalue weighted by molar-refractivity contribution is 5.84. The minimum Gasteiger partial charge on any atom is -0.481 e. The van der Waals surface area contributed by atoms with E-state index in [1.165, 1.54) is 0 Å². The van der Waals surface area contributed by atoms with Crippen LogP contribution in [0.5, 0.6) is 5.88 Å². The molecule has 0 saturated carbocycles. The van der Waals surface area contributed by atoms with Gasteiger partial charge in [0, 0.05) is 19.0 Å². The van der Waals surface area contributed by atoms with Crippen molar-refractivity contribution in [2.24, 2.45) is 0 Å². The lowest BCUT2D eigenvalue weighted by Crippen LogP contribution is -2.06. The van der Waals surface area contributed by atoms with Crippen molar-refractivity contribution in [3.05, 3.63) is 23.7 Å². The number of hydrogen-bond donors (Lipinski definition) is 1. The molecule has 0 spiro atoms. The van der Waals surface area contributed by atoms with Gasteiger partial charge in [0.05, 0.1) is 12.8 Å². The number of methoxy groups -OCH3 is 1. The molecule has 0 aliphatic carbocycles. The maximum atomic E-state index is 5.27. The molecule has 0 saturated heterocycles. The van der Waals surface area contributed by atoms with Gasteiger partial charge in [-0.25, -0.2) is 9.97 Å². The second-order valence-electron chi connectivity index (χ2n) is 5.23. The van der Waals surface area contributed by atoms with Crippen molar-refractivity contribution >= 4 is 22.5 Å². The second-order valence-corrected chi connectivity index (χ2v) is 5.23. The van der Waals surface area contributed by atoms with Gasteiger partial charge in [0.25, 0.3) is 0 Å². The van der Waals surface area contributed by atoms with Gasteiger partial charge < -0.3 is 10.1 Å². The maximum Gasteiger partial charge on any atom is 0.215 e. The normalized spacial score (nSPS) is 11.3. The molecule has 0 aliphatic heterocycles. The molecule has 6 nitrogen and oxygen atoms in total. The van der Waals surface area contributed by atoms with Crippen LogP contribution >= 0.6 is 0 Å². The number of fused-ring (bicyclic) bond motifs is 3. The van der Waals surface area contributed by atoms with E-state index >= 15 is 0 Å². The lowest BCUT2D eigenvalue weighted by molar-refractivity contribution is 0.399. The molecule has 3 aromatic heterocycles. The van der Waals surface area contributed by atoms with E-state index in [1.807, 2.05) is 19.1 Å². The van der Waals surface area contributed by atoms with Crippen LogP contribution in [0.2, 0.25) is 0 Å². The quantitative estimate of drug-likeness (QED) is 0.784. The van der Waals surface area contributed by atoms with Gasteiger partial charge in [-0.3, -0.25) is 4.40 Å². The van der Waals surface area contributed by atoms with Gasteiger partial charge in [-0.05, 0) is 26.3 Å². The van der Waals surface area contributed by atoms with Crippen LogP contribution in [-0.4, -0.2) is 33.0 Å². The van der Waals surface area contributed by atoms with Gasteiger partial charge >= 0.3 is 0 Å².